The molecule has 0 amide bonds. The van der Waals surface area contributed by atoms with Gasteiger partial charge in [-0.2, -0.15) is 0 Å². The van der Waals surface area contributed by atoms with E-state index in [1.807, 2.05) is 12.1 Å². The highest BCUT2D eigenvalue weighted by Gasteiger charge is 2.52. The molecule has 0 heteroatoms. The van der Waals surface area contributed by atoms with E-state index in [2.05, 4.69) is 434 Å². The van der Waals surface area contributed by atoms with E-state index < -0.39 is 0 Å². The smallest absolute Gasteiger partial charge is 0.0622 e. The SMILES string of the molecule is Cc1ccc(C(C)(C)C)cc1.Cc1ccc2c(c1)C(C)(C)c1ccccc1-2.Cc1ccc2c(c1)C(c1ccccc1)(c1ccccc1)c1ccccc1-2.Cc1ccc2c(c1)C1(c3ccccc3-c3ccccc31)c1ccccc1-2.Cc1cccc(-c2ccccc2)c1.Cc1ccccc1-c1ccccc1. The maximum atomic E-state index is 2.40. The quantitative estimate of drug-likeness (QED) is 0.165. The molecule has 15 aromatic rings. The zero-order valence-electron chi connectivity index (χ0n) is 62.7. The van der Waals surface area contributed by atoms with Crippen LogP contribution >= 0.6 is 0 Å². The minimum Gasteiger partial charge on any atom is -0.0622 e. The number of fused-ring (bicyclic) bond motifs is 16. The first-order valence-corrected chi connectivity index (χ1v) is 37.2. The highest BCUT2D eigenvalue weighted by molar-refractivity contribution is 5.95. The van der Waals surface area contributed by atoms with Gasteiger partial charge in [0.25, 0.3) is 0 Å². The van der Waals surface area contributed by atoms with Crippen LogP contribution in [-0.4, -0.2) is 0 Å². The van der Waals surface area contributed by atoms with Gasteiger partial charge in [-0.25, -0.2) is 0 Å². The Hall–Kier alpha value is -11.7. The van der Waals surface area contributed by atoms with Crippen molar-refractivity contribution in [2.45, 2.75) is 97.8 Å². The maximum absolute atomic E-state index is 2.40. The Morgan fingerprint density at radius 1 is 0.200 bits per heavy atom. The van der Waals surface area contributed by atoms with Crippen LogP contribution in [0, 0.1) is 41.5 Å². The second-order valence-electron chi connectivity index (χ2n) is 30.3. The lowest BCUT2D eigenvalue weighted by Crippen LogP contribution is -2.28. The average molecular weight is 1360 g/mol. The van der Waals surface area contributed by atoms with Gasteiger partial charge in [0.15, 0.2) is 0 Å². The predicted octanol–water partition coefficient (Wildman–Crippen LogP) is 27.6. The zero-order valence-corrected chi connectivity index (χ0v) is 62.7. The first-order chi connectivity index (χ1) is 51.0. The number of rotatable bonds is 4. The molecule has 0 heterocycles. The predicted molar refractivity (Wildman–Crippen MR) is 448 cm³/mol. The summed E-state index contributed by atoms with van der Waals surface area (Å²) in [6.07, 6.45) is 0. The second-order valence-corrected chi connectivity index (χ2v) is 30.3. The van der Waals surface area contributed by atoms with Crippen molar-refractivity contribution >= 4 is 0 Å². The molecule has 0 aromatic heterocycles. The molecule has 105 heavy (non-hydrogen) atoms. The van der Waals surface area contributed by atoms with Crippen molar-refractivity contribution in [1.82, 2.24) is 0 Å². The third kappa shape index (κ3) is 13.6. The van der Waals surface area contributed by atoms with E-state index in [0.717, 1.165) is 0 Å². The van der Waals surface area contributed by atoms with Gasteiger partial charge >= 0.3 is 0 Å². The summed E-state index contributed by atoms with van der Waals surface area (Å²) >= 11 is 0. The van der Waals surface area contributed by atoms with Crippen LogP contribution < -0.4 is 0 Å². The average Bonchev–Trinajstić information content (AvgIpc) is 1.52. The monoisotopic (exact) mass is 1350 g/mol. The Morgan fingerprint density at radius 2 is 0.505 bits per heavy atom. The van der Waals surface area contributed by atoms with Crippen LogP contribution in [0.2, 0.25) is 0 Å². The minimum atomic E-state index is -0.263. The Kier molecular flexibility index (Phi) is 20.1. The first kappa shape index (κ1) is 70.3. The van der Waals surface area contributed by atoms with Gasteiger partial charge in [-0.3, -0.25) is 0 Å². The summed E-state index contributed by atoms with van der Waals surface area (Å²) in [6, 6.07) is 134. The maximum Gasteiger partial charge on any atom is 0.0725 e. The minimum absolute atomic E-state index is 0.151. The number of hydrogen-bond acceptors (Lipinski definition) is 0. The van der Waals surface area contributed by atoms with Crippen LogP contribution in [0.4, 0.5) is 0 Å². The molecule has 15 aromatic carbocycles. The van der Waals surface area contributed by atoms with Gasteiger partial charge in [0.05, 0.1) is 10.8 Å². The van der Waals surface area contributed by atoms with Gasteiger partial charge in [-0.1, -0.05) is 432 Å². The van der Waals surface area contributed by atoms with Crippen molar-refractivity contribution in [3.8, 4) is 66.8 Å². The molecule has 0 bridgehead atoms. The third-order valence-electron chi connectivity index (χ3n) is 21.8. The van der Waals surface area contributed by atoms with Crippen LogP contribution in [-0.2, 0) is 21.7 Å². The van der Waals surface area contributed by atoms with Crippen molar-refractivity contribution in [2.24, 2.45) is 0 Å². The van der Waals surface area contributed by atoms with Gasteiger partial charge in [-0.05, 0) is 180 Å². The molecule has 0 saturated carbocycles. The highest BCUT2D eigenvalue weighted by atomic mass is 14.5. The fourth-order valence-electron chi connectivity index (χ4n) is 16.6. The van der Waals surface area contributed by atoms with Crippen LogP contribution in [0.15, 0.2) is 370 Å². The number of benzene rings is 15. The van der Waals surface area contributed by atoms with Crippen LogP contribution in [0.1, 0.15) is 129 Å². The summed E-state index contributed by atoms with van der Waals surface area (Å²) in [6.45, 7) is 24.3. The number of hydrogen-bond donors (Lipinski definition) is 0. The van der Waals surface area contributed by atoms with Gasteiger partial charge in [0.1, 0.15) is 0 Å². The van der Waals surface area contributed by atoms with Crippen molar-refractivity contribution < 1.29 is 0 Å². The van der Waals surface area contributed by atoms with E-state index in [0.29, 0.717) is 0 Å². The molecule has 0 fully saturated rings. The van der Waals surface area contributed by atoms with E-state index >= 15 is 0 Å². The largest absolute Gasteiger partial charge is 0.0725 e. The van der Waals surface area contributed by atoms with Gasteiger partial charge < -0.3 is 0 Å². The Labute approximate surface area is 625 Å². The molecule has 0 unspecified atom stereocenters. The Bertz CT molecular complexity index is 5320. The summed E-state index contributed by atoms with van der Waals surface area (Å²) in [7, 11) is 0. The molecule has 19 rings (SSSR count). The summed E-state index contributed by atoms with van der Waals surface area (Å²) in [5.41, 5.74) is 39.5. The van der Waals surface area contributed by atoms with E-state index in [9.17, 15) is 0 Å². The molecule has 0 saturated heterocycles. The van der Waals surface area contributed by atoms with Crippen molar-refractivity contribution in [3.63, 3.8) is 0 Å². The Morgan fingerprint density at radius 3 is 0.933 bits per heavy atom. The van der Waals surface area contributed by atoms with E-state index in [-0.39, 0.29) is 21.7 Å². The fourth-order valence-corrected chi connectivity index (χ4v) is 16.6. The molecule has 4 aliphatic rings. The van der Waals surface area contributed by atoms with Gasteiger partial charge in [0, 0.05) is 5.41 Å². The zero-order chi connectivity index (χ0) is 72.9. The molecule has 0 radical (unpaired) electrons. The standard InChI is InChI=1S/C26H18.C26H20.C16H16.2C13H12.C11H16/c1-17-14-15-21-20-10-4-7-13-24(20)26(25(21)16-17)22-11-5-2-8-18(22)19-9-3-6-12-23(19)26;1-19-16-17-23-22-14-8-9-15-24(22)26(25(23)18-19,20-10-4-2-5-11-20)21-12-6-3-7-13-21;1-11-8-9-13-12-6-4-5-7-14(12)16(2,3)15(13)10-11;1-11-7-5-6-10-13(11)12-8-3-2-4-9-12;1-11-6-5-9-13(10-11)12-7-3-2-4-8-12;1-9-5-7-10(8-6-9)11(2,3)4/h2-16H,1H3;2-18H,1H3;4-10H,1-3H3;2*2-10H,1H3;5-8H,1-4H3. The van der Waals surface area contributed by atoms with Crippen molar-refractivity contribution in [3.05, 3.63) is 465 Å². The molecule has 1 spiro atoms. The molecule has 0 aliphatic heterocycles. The second kappa shape index (κ2) is 29.9. The summed E-state index contributed by atoms with van der Waals surface area (Å²) in [5, 5.41) is 0. The highest BCUT2D eigenvalue weighted by Crippen LogP contribution is 2.63. The van der Waals surface area contributed by atoms with Gasteiger partial charge in [-0.15, -0.1) is 0 Å². The molecule has 0 nitrogen and oxygen atoms in total. The molecular weight excluding hydrogens is 1260 g/mol. The van der Waals surface area contributed by atoms with Gasteiger partial charge in [0.2, 0.25) is 0 Å². The van der Waals surface area contributed by atoms with Crippen molar-refractivity contribution in [2.75, 3.05) is 0 Å². The summed E-state index contributed by atoms with van der Waals surface area (Å²) < 4.78 is 0. The molecule has 514 valence electrons. The van der Waals surface area contributed by atoms with Crippen LogP contribution in [0.25, 0.3) is 66.8 Å². The van der Waals surface area contributed by atoms with Crippen LogP contribution in [0.3, 0.4) is 0 Å². The molecule has 4 aliphatic carbocycles. The van der Waals surface area contributed by atoms with Crippen molar-refractivity contribution in [1.29, 1.82) is 0 Å². The lowest BCUT2D eigenvalue weighted by molar-refractivity contribution is 0.590. The normalized spacial score (nSPS) is 13.1. The molecular formula is C105H94. The lowest BCUT2D eigenvalue weighted by Gasteiger charge is -2.34. The van der Waals surface area contributed by atoms with E-state index in [4.69, 9.17) is 0 Å². The molecule has 0 atom stereocenters. The Balaban J connectivity index is 0.000000110. The van der Waals surface area contributed by atoms with E-state index in [1.54, 1.807) is 0 Å². The topological polar surface area (TPSA) is 0 Å². The first-order valence-electron chi connectivity index (χ1n) is 37.2. The number of aryl methyl sites for hydroxylation is 6. The van der Waals surface area contributed by atoms with E-state index in [1.165, 1.54) is 161 Å². The third-order valence-corrected chi connectivity index (χ3v) is 21.8. The summed E-state index contributed by atoms with van der Waals surface area (Å²) in [5.74, 6) is 0. The molecule has 0 N–H and O–H groups in total. The fraction of sp³-hybridized carbons (Fsp3) is 0.143. The lowest BCUT2D eigenvalue weighted by atomic mass is 9.67. The van der Waals surface area contributed by atoms with Crippen LogP contribution in [0.5, 0.6) is 0 Å². The summed E-state index contributed by atoms with van der Waals surface area (Å²) in [4.78, 5) is 0.